The van der Waals surface area contributed by atoms with Gasteiger partial charge in [0.1, 0.15) is 11.5 Å². The maximum Gasteiger partial charge on any atom is 0.354 e. The number of benzene rings is 4. The Morgan fingerprint density at radius 1 is 0.606 bits per heavy atom. The highest BCUT2D eigenvalue weighted by Gasteiger charge is 2.22. The van der Waals surface area contributed by atoms with Crippen molar-refractivity contribution in [1.82, 2.24) is 28.2 Å². The maximum absolute atomic E-state index is 13.5. The molecule has 2 N–H and O–H groups in total. The van der Waals surface area contributed by atoms with Gasteiger partial charge in [0.2, 0.25) is 11.9 Å². The van der Waals surface area contributed by atoms with Crippen LogP contribution in [0.3, 0.4) is 0 Å². The second-order valence-corrected chi connectivity index (χ2v) is 18.3. The van der Waals surface area contributed by atoms with Crippen molar-refractivity contribution in [2.75, 3.05) is 24.9 Å². The van der Waals surface area contributed by atoms with Crippen molar-refractivity contribution in [3.8, 4) is 11.5 Å². The van der Waals surface area contributed by atoms with Gasteiger partial charge < -0.3 is 29.6 Å². The van der Waals surface area contributed by atoms with E-state index in [0.29, 0.717) is 27.3 Å². The zero-order chi connectivity index (χ0) is 52.1. The number of halogens is 1. The Hall–Kier alpha value is -7.54. The third-order valence-electron chi connectivity index (χ3n) is 10.7. The first kappa shape index (κ1) is 54.4. The minimum Gasteiger partial charge on any atom is -0.490 e. The van der Waals surface area contributed by atoms with E-state index in [1.165, 1.54) is 23.4 Å². The van der Waals surface area contributed by atoms with E-state index in [4.69, 9.17) is 18.9 Å². The molecule has 6 rings (SSSR count). The third kappa shape index (κ3) is 14.7. The van der Waals surface area contributed by atoms with Crippen molar-refractivity contribution >= 4 is 57.2 Å². The van der Waals surface area contributed by atoms with Crippen LogP contribution in [-0.2, 0) is 45.2 Å². The van der Waals surface area contributed by atoms with Crippen LogP contribution in [0, 0.1) is 25.7 Å². The summed E-state index contributed by atoms with van der Waals surface area (Å²) in [7, 11) is 2.52. The molecule has 0 aliphatic rings. The number of esters is 2. The number of aryl methyl sites for hydroxylation is 2. The van der Waals surface area contributed by atoms with Crippen molar-refractivity contribution in [2.45, 2.75) is 93.8 Å². The largest absolute Gasteiger partial charge is 0.490 e. The number of hydrogen-bond acceptors (Lipinski definition) is 14. The number of carbonyl (C=O) groups excluding carboxylic acids is 2. The molecule has 0 bridgehead atoms. The van der Waals surface area contributed by atoms with E-state index in [1.807, 2.05) is 90.1 Å². The summed E-state index contributed by atoms with van der Waals surface area (Å²) >= 11 is 3.49. The average molecular weight is 1040 g/mol. The van der Waals surface area contributed by atoms with Crippen LogP contribution in [0.5, 0.6) is 11.5 Å². The normalized spacial score (nSPS) is 11.8. The van der Waals surface area contributed by atoms with Gasteiger partial charge in [0.15, 0.2) is 0 Å². The minimum absolute atomic E-state index is 0.00596. The number of hydrogen-bond donors (Lipinski definition) is 2. The number of nitrogens with zero attached hydrogens (tertiary/aromatic N) is 6. The average Bonchev–Trinajstić information content (AvgIpc) is 3.33. The topological polar surface area (TPSA) is 209 Å². The first-order chi connectivity index (χ1) is 33.7. The third-order valence-corrected chi connectivity index (χ3v) is 11.4. The molecule has 376 valence electrons. The zero-order valence-corrected chi connectivity index (χ0v) is 43.2. The Balaban J connectivity index is 0.000000264. The molecule has 0 spiro atoms. The fourth-order valence-corrected chi connectivity index (χ4v) is 7.50. The minimum atomic E-state index is -0.762. The van der Waals surface area contributed by atoms with E-state index in [0.717, 1.165) is 37.0 Å². The molecular formula is C52H61BrN8O10. The van der Waals surface area contributed by atoms with Crippen molar-refractivity contribution in [1.29, 1.82) is 0 Å². The highest BCUT2D eigenvalue weighted by Crippen LogP contribution is 2.30. The number of rotatable bonds is 19. The number of carbonyl (C=O) groups is 2. The molecule has 0 unspecified atom stereocenters. The Kier molecular flexibility index (Phi) is 19.0. The summed E-state index contributed by atoms with van der Waals surface area (Å²) in [4.78, 5) is 84.7. The van der Waals surface area contributed by atoms with Gasteiger partial charge in [0.25, 0.3) is 0 Å². The Labute approximate surface area is 420 Å². The van der Waals surface area contributed by atoms with Crippen molar-refractivity contribution in [3.05, 3.63) is 166 Å². The molecule has 2 atom stereocenters. The van der Waals surface area contributed by atoms with Crippen LogP contribution in [0.2, 0.25) is 0 Å². The van der Waals surface area contributed by atoms with Crippen LogP contribution in [0.4, 0.5) is 23.3 Å². The summed E-state index contributed by atoms with van der Waals surface area (Å²) in [5.74, 6) is -0.912. The highest BCUT2D eigenvalue weighted by molar-refractivity contribution is 9.10. The van der Waals surface area contributed by atoms with E-state index >= 15 is 0 Å². The van der Waals surface area contributed by atoms with Crippen LogP contribution >= 0.6 is 15.9 Å². The van der Waals surface area contributed by atoms with E-state index < -0.39 is 46.5 Å². The molecule has 6 aromatic rings. The molecule has 0 aliphatic carbocycles. The number of anilines is 4. The molecule has 0 radical (unpaired) electrons. The molecule has 71 heavy (non-hydrogen) atoms. The standard InChI is InChI=1S/C27H32N4O5.C25H29BrN4O5/c1-7-21-14-22(12-13-23(21)36-17(2)3)28-25-29-26(33)31(15-19(5)24(32)35-6)27(34)30(25)16-20-10-8-18(4)9-11-20;1-15(2)35-21-11-10-19(12-20(21)26)27-23-28-24(32)30(13-17(4)22(31)34-5)25(33)29(23)14-18-8-6-16(3)7-9-18/h7-14,17,19H,1,15-16H2,2-6H3,(H,28,29,33);6-12,15,17H,13-14H2,1-5H3,(H,27,28,32)/t19-;17-/m00/s1. The highest BCUT2D eigenvalue weighted by atomic mass is 79.9. The summed E-state index contributed by atoms with van der Waals surface area (Å²) < 4.78 is 26.4. The fraction of sp³-hybridized carbons (Fsp3) is 0.346. The predicted octanol–water partition coefficient (Wildman–Crippen LogP) is 7.61. The lowest BCUT2D eigenvalue weighted by Gasteiger charge is -2.18. The predicted molar refractivity (Wildman–Crippen MR) is 277 cm³/mol. The van der Waals surface area contributed by atoms with Crippen LogP contribution < -0.4 is 42.9 Å². The van der Waals surface area contributed by atoms with Gasteiger partial charge in [0.05, 0.1) is 55.8 Å². The van der Waals surface area contributed by atoms with Gasteiger partial charge in [-0.3, -0.25) is 18.7 Å². The molecule has 0 amide bonds. The summed E-state index contributed by atoms with van der Waals surface area (Å²) in [6, 6.07) is 26.1. The van der Waals surface area contributed by atoms with Crippen molar-refractivity contribution in [3.63, 3.8) is 0 Å². The van der Waals surface area contributed by atoms with Crippen LogP contribution in [0.1, 0.15) is 69.4 Å². The van der Waals surface area contributed by atoms with Gasteiger partial charge in [-0.2, -0.15) is 9.97 Å². The van der Waals surface area contributed by atoms with Gasteiger partial charge >= 0.3 is 34.7 Å². The molecule has 0 saturated carbocycles. The summed E-state index contributed by atoms with van der Waals surface area (Å²) in [5, 5.41) is 6.18. The van der Waals surface area contributed by atoms with E-state index in [-0.39, 0.29) is 50.3 Å². The first-order valence-electron chi connectivity index (χ1n) is 22.8. The Bertz CT molecular complexity index is 3090. The summed E-state index contributed by atoms with van der Waals surface area (Å²) in [5.41, 5.74) is 3.16. The molecule has 18 nitrogen and oxygen atoms in total. The first-order valence-corrected chi connectivity index (χ1v) is 23.6. The number of ether oxygens (including phenoxy) is 4. The monoisotopic (exact) mass is 1040 g/mol. The number of methoxy groups -OCH3 is 2. The lowest BCUT2D eigenvalue weighted by molar-refractivity contribution is -0.146. The van der Waals surface area contributed by atoms with E-state index in [2.05, 4.69) is 43.1 Å². The molecular weight excluding hydrogens is 977 g/mol. The van der Waals surface area contributed by atoms with Crippen LogP contribution in [0.25, 0.3) is 6.08 Å². The smallest absolute Gasteiger partial charge is 0.354 e. The quantitative estimate of drug-likeness (QED) is 0.0749. The van der Waals surface area contributed by atoms with E-state index in [9.17, 15) is 28.8 Å². The summed E-state index contributed by atoms with van der Waals surface area (Å²) in [6.07, 6.45) is 1.66. The molecule has 0 saturated heterocycles. The molecule has 4 aromatic carbocycles. The molecule has 2 aromatic heterocycles. The van der Waals surface area contributed by atoms with Crippen molar-refractivity contribution in [2.24, 2.45) is 11.8 Å². The maximum atomic E-state index is 13.5. The van der Waals surface area contributed by atoms with Crippen LogP contribution in [-0.4, -0.2) is 66.6 Å². The van der Waals surface area contributed by atoms with Gasteiger partial charge in [0, 0.05) is 30.0 Å². The van der Waals surface area contributed by atoms with Crippen LogP contribution in [0.15, 0.2) is 115 Å². The summed E-state index contributed by atoms with van der Waals surface area (Å²) in [6.45, 7) is 18.8. The molecule has 0 fully saturated rings. The van der Waals surface area contributed by atoms with Gasteiger partial charge in [-0.05, 0) is 105 Å². The fourth-order valence-electron chi connectivity index (χ4n) is 7.03. The van der Waals surface area contributed by atoms with E-state index in [1.54, 1.807) is 56.3 Å². The molecule has 2 heterocycles. The Morgan fingerprint density at radius 2 is 1.00 bits per heavy atom. The molecule has 0 aliphatic heterocycles. The van der Waals surface area contributed by atoms with Gasteiger partial charge in [-0.15, -0.1) is 0 Å². The SMILES string of the molecule is C=Cc1cc(Nc2nc(=O)n(C[C@H](C)C(=O)OC)c(=O)n2Cc2ccc(C)cc2)ccc1OC(C)C.COC(=O)[C@@H](C)Cn1c(=O)nc(Nc2ccc(OC(C)C)c(Br)c2)n(Cc2ccc(C)cc2)c1=O. The second kappa shape index (κ2) is 24.8. The number of aromatic nitrogens is 6. The Morgan fingerprint density at radius 3 is 1.38 bits per heavy atom. The lowest BCUT2D eigenvalue weighted by atomic mass is 10.1. The van der Waals surface area contributed by atoms with Gasteiger partial charge in [-0.1, -0.05) is 86.2 Å². The second-order valence-electron chi connectivity index (χ2n) is 17.4. The van der Waals surface area contributed by atoms with Gasteiger partial charge in [-0.25, -0.2) is 28.3 Å². The molecule has 19 heteroatoms. The zero-order valence-electron chi connectivity index (χ0n) is 41.6. The lowest BCUT2D eigenvalue weighted by Crippen LogP contribution is -2.44. The number of nitrogens with one attached hydrogen (secondary N) is 2. The van der Waals surface area contributed by atoms with Crippen molar-refractivity contribution < 1.29 is 28.5 Å².